The summed E-state index contributed by atoms with van der Waals surface area (Å²) in [4.78, 5) is 12.0. The molecule has 0 spiro atoms. The highest BCUT2D eigenvalue weighted by molar-refractivity contribution is 14.1. The highest BCUT2D eigenvalue weighted by Crippen LogP contribution is 2.22. The van der Waals surface area contributed by atoms with Gasteiger partial charge in [-0.1, -0.05) is 23.7 Å². The fourth-order valence-corrected chi connectivity index (χ4v) is 2.26. The molecule has 0 bridgehead atoms. The van der Waals surface area contributed by atoms with Crippen LogP contribution in [0.15, 0.2) is 36.4 Å². The summed E-state index contributed by atoms with van der Waals surface area (Å²) in [6.45, 7) is 1.88. The molecule has 0 atom stereocenters. The lowest BCUT2D eigenvalue weighted by molar-refractivity contribution is 0.102. The van der Waals surface area contributed by atoms with Gasteiger partial charge in [0, 0.05) is 9.26 Å². The fraction of sp³-hybridized carbons (Fsp3) is 0.0714. The zero-order valence-corrected chi connectivity index (χ0v) is 12.9. The Hall–Kier alpha value is -1.14. The molecule has 0 aliphatic rings. The zero-order chi connectivity index (χ0) is 14.0. The summed E-state index contributed by atoms with van der Waals surface area (Å²) in [7, 11) is 0. The average Bonchev–Trinajstić information content (AvgIpc) is 2.37. The molecule has 0 saturated carbocycles. The second kappa shape index (κ2) is 5.88. The summed E-state index contributed by atoms with van der Waals surface area (Å²) in [5.41, 5.74) is 1.51. The van der Waals surface area contributed by atoms with Gasteiger partial charge in [-0.3, -0.25) is 4.79 Å². The number of anilines is 1. The van der Waals surface area contributed by atoms with Crippen LogP contribution >= 0.6 is 34.2 Å². The number of carbonyl (C=O) groups is 1. The molecule has 2 aromatic carbocycles. The first-order valence-electron chi connectivity index (χ1n) is 5.50. The van der Waals surface area contributed by atoms with Crippen LogP contribution in [-0.4, -0.2) is 5.91 Å². The summed E-state index contributed by atoms with van der Waals surface area (Å²) in [6, 6.07) is 10.0. The molecule has 0 aliphatic carbocycles. The first-order valence-corrected chi connectivity index (χ1v) is 6.96. The van der Waals surface area contributed by atoms with Gasteiger partial charge in [-0.15, -0.1) is 0 Å². The molecule has 2 nitrogen and oxygen atoms in total. The molecular weight excluding hydrogens is 380 g/mol. The third kappa shape index (κ3) is 3.25. The Morgan fingerprint density at radius 1 is 1.32 bits per heavy atom. The van der Waals surface area contributed by atoms with Crippen LogP contribution in [0.3, 0.4) is 0 Å². The third-order valence-corrected chi connectivity index (χ3v) is 3.61. The van der Waals surface area contributed by atoms with Crippen molar-refractivity contribution in [1.29, 1.82) is 0 Å². The van der Waals surface area contributed by atoms with E-state index in [4.69, 9.17) is 11.6 Å². The van der Waals surface area contributed by atoms with Crippen molar-refractivity contribution in [3.05, 3.63) is 61.9 Å². The molecule has 0 saturated heterocycles. The Labute approximate surface area is 129 Å². The molecular formula is C14H10ClFINO. The van der Waals surface area contributed by atoms with Crippen LogP contribution in [-0.2, 0) is 0 Å². The van der Waals surface area contributed by atoms with Gasteiger partial charge in [0.2, 0.25) is 0 Å². The second-order valence-corrected chi connectivity index (χ2v) is 5.67. The molecule has 5 heteroatoms. The summed E-state index contributed by atoms with van der Waals surface area (Å²) in [5, 5.41) is 2.63. The number of benzene rings is 2. The number of amides is 1. The van der Waals surface area contributed by atoms with E-state index in [1.54, 1.807) is 6.07 Å². The summed E-state index contributed by atoms with van der Waals surface area (Å²) < 4.78 is 14.7. The summed E-state index contributed by atoms with van der Waals surface area (Å²) in [5.74, 6) is -1.21. The van der Waals surface area contributed by atoms with Crippen molar-refractivity contribution in [1.82, 2.24) is 0 Å². The average molecular weight is 390 g/mol. The van der Waals surface area contributed by atoms with Crippen molar-refractivity contribution in [2.24, 2.45) is 0 Å². The van der Waals surface area contributed by atoms with E-state index >= 15 is 0 Å². The van der Waals surface area contributed by atoms with Crippen molar-refractivity contribution in [3.8, 4) is 0 Å². The van der Waals surface area contributed by atoms with Crippen LogP contribution < -0.4 is 5.32 Å². The second-order valence-electron chi connectivity index (χ2n) is 4.01. The molecule has 0 aromatic heterocycles. The molecule has 0 unspecified atom stereocenters. The first-order chi connectivity index (χ1) is 8.99. The topological polar surface area (TPSA) is 29.1 Å². The normalized spacial score (nSPS) is 10.3. The number of carbonyl (C=O) groups excluding carboxylic acids is 1. The third-order valence-electron chi connectivity index (χ3n) is 2.64. The Morgan fingerprint density at radius 3 is 2.79 bits per heavy atom. The van der Waals surface area contributed by atoms with E-state index in [-0.39, 0.29) is 10.6 Å². The van der Waals surface area contributed by atoms with Crippen molar-refractivity contribution in [2.75, 3.05) is 5.32 Å². The molecule has 0 radical (unpaired) electrons. The predicted molar refractivity (Wildman–Crippen MR) is 83.3 cm³/mol. The Morgan fingerprint density at radius 2 is 2.05 bits per heavy atom. The molecule has 98 valence electrons. The lowest BCUT2D eigenvalue weighted by atomic mass is 10.1. The van der Waals surface area contributed by atoms with Crippen molar-refractivity contribution in [3.63, 3.8) is 0 Å². The molecule has 19 heavy (non-hydrogen) atoms. The first kappa shape index (κ1) is 14.3. The van der Waals surface area contributed by atoms with Crippen LogP contribution in [0.2, 0.25) is 5.02 Å². The van der Waals surface area contributed by atoms with Gasteiger partial charge in [-0.05, 0) is 59.3 Å². The lowest BCUT2D eigenvalue weighted by Gasteiger charge is -2.10. The maximum Gasteiger partial charge on any atom is 0.258 e. The number of nitrogens with one attached hydrogen (secondary N) is 1. The molecule has 0 fully saturated rings. The van der Waals surface area contributed by atoms with E-state index in [1.165, 1.54) is 12.1 Å². The van der Waals surface area contributed by atoms with E-state index in [1.807, 2.05) is 25.1 Å². The van der Waals surface area contributed by atoms with Gasteiger partial charge >= 0.3 is 0 Å². The van der Waals surface area contributed by atoms with Gasteiger partial charge in [0.15, 0.2) is 5.82 Å². The fourth-order valence-electron chi connectivity index (χ4n) is 1.60. The molecule has 1 amide bonds. The van der Waals surface area contributed by atoms with Gasteiger partial charge in [0.25, 0.3) is 5.91 Å². The van der Waals surface area contributed by atoms with Gasteiger partial charge in [0.1, 0.15) is 0 Å². The van der Waals surface area contributed by atoms with E-state index in [0.29, 0.717) is 5.69 Å². The monoisotopic (exact) mass is 389 g/mol. The standard InChI is InChI=1S/C14H10ClFINO/c1-8-5-6-9(17)7-12(8)18-14(19)10-3-2-4-11(15)13(10)16/h2-7H,1H3,(H,18,19). The molecule has 2 aromatic rings. The van der Waals surface area contributed by atoms with Crippen LogP contribution in [0.5, 0.6) is 0 Å². The van der Waals surface area contributed by atoms with E-state index in [0.717, 1.165) is 9.13 Å². The van der Waals surface area contributed by atoms with Crippen LogP contribution in [0, 0.1) is 16.3 Å². The molecule has 1 N–H and O–H groups in total. The number of hydrogen-bond donors (Lipinski definition) is 1. The predicted octanol–water partition coefficient (Wildman–Crippen LogP) is 4.64. The molecule has 0 aliphatic heterocycles. The van der Waals surface area contributed by atoms with Crippen LogP contribution in [0.4, 0.5) is 10.1 Å². The summed E-state index contributed by atoms with van der Waals surface area (Å²) >= 11 is 7.81. The molecule has 2 rings (SSSR count). The maximum absolute atomic E-state index is 13.7. The van der Waals surface area contributed by atoms with Gasteiger partial charge in [-0.25, -0.2) is 4.39 Å². The van der Waals surface area contributed by atoms with E-state index in [9.17, 15) is 9.18 Å². The number of hydrogen-bond acceptors (Lipinski definition) is 1. The Bertz CT molecular complexity index is 645. The molecule has 0 heterocycles. The van der Waals surface area contributed by atoms with Gasteiger partial charge < -0.3 is 5.32 Å². The summed E-state index contributed by atoms with van der Waals surface area (Å²) in [6.07, 6.45) is 0. The number of halogens is 3. The number of rotatable bonds is 2. The minimum Gasteiger partial charge on any atom is -0.322 e. The highest BCUT2D eigenvalue weighted by atomic mass is 127. The number of aryl methyl sites for hydroxylation is 1. The zero-order valence-electron chi connectivity index (χ0n) is 10.0. The minimum absolute atomic E-state index is 0.0629. The minimum atomic E-state index is -0.704. The van der Waals surface area contributed by atoms with Crippen molar-refractivity contribution in [2.45, 2.75) is 6.92 Å². The Kier molecular flexibility index (Phi) is 4.42. The van der Waals surface area contributed by atoms with Crippen LogP contribution in [0.25, 0.3) is 0 Å². The maximum atomic E-state index is 13.7. The lowest BCUT2D eigenvalue weighted by Crippen LogP contribution is -2.14. The van der Waals surface area contributed by atoms with Crippen molar-refractivity contribution < 1.29 is 9.18 Å². The van der Waals surface area contributed by atoms with E-state index in [2.05, 4.69) is 27.9 Å². The highest BCUT2D eigenvalue weighted by Gasteiger charge is 2.14. The SMILES string of the molecule is Cc1ccc(I)cc1NC(=O)c1cccc(Cl)c1F. The van der Waals surface area contributed by atoms with Gasteiger partial charge in [-0.2, -0.15) is 0 Å². The van der Waals surface area contributed by atoms with Crippen LogP contribution in [0.1, 0.15) is 15.9 Å². The smallest absolute Gasteiger partial charge is 0.258 e. The Balaban J connectivity index is 2.31. The van der Waals surface area contributed by atoms with Gasteiger partial charge in [0.05, 0.1) is 10.6 Å². The van der Waals surface area contributed by atoms with E-state index < -0.39 is 11.7 Å². The quantitative estimate of drug-likeness (QED) is 0.745. The van der Waals surface area contributed by atoms with Crippen molar-refractivity contribution >= 4 is 45.8 Å². The largest absolute Gasteiger partial charge is 0.322 e.